The van der Waals surface area contributed by atoms with E-state index in [0.717, 1.165) is 23.4 Å². The minimum absolute atomic E-state index is 0. The van der Waals surface area contributed by atoms with E-state index in [1.54, 1.807) is 0 Å². The first-order valence-corrected chi connectivity index (χ1v) is 6.69. The molecular formula is C13H19BrINO. The number of rotatable bonds is 4. The molecule has 0 atom stereocenters. The SMILES string of the molecule is C[N+]1(CCOc2cccc(Br)c2)CCCC1.[I-]. The smallest absolute Gasteiger partial charge is 0.137 e. The fourth-order valence-electron chi connectivity index (χ4n) is 2.26. The zero-order valence-corrected chi connectivity index (χ0v) is 13.9. The average Bonchev–Trinajstić information content (AvgIpc) is 2.65. The van der Waals surface area contributed by atoms with Gasteiger partial charge in [-0.1, -0.05) is 22.0 Å². The Bertz CT molecular complexity index is 353. The first-order chi connectivity index (χ1) is 7.68. The van der Waals surface area contributed by atoms with Gasteiger partial charge in [-0.25, -0.2) is 0 Å². The van der Waals surface area contributed by atoms with Crippen molar-refractivity contribution in [2.75, 3.05) is 33.3 Å². The molecule has 0 bridgehead atoms. The van der Waals surface area contributed by atoms with Crippen molar-refractivity contribution in [2.24, 2.45) is 0 Å². The van der Waals surface area contributed by atoms with Gasteiger partial charge in [0.15, 0.2) is 0 Å². The van der Waals surface area contributed by atoms with E-state index in [0.29, 0.717) is 0 Å². The van der Waals surface area contributed by atoms with Gasteiger partial charge in [0.05, 0.1) is 20.1 Å². The molecule has 0 spiro atoms. The number of benzene rings is 1. The number of hydrogen-bond donors (Lipinski definition) is 0. The zero-order chi connectivity index (χ0) is 11.4. The summed E-state index contributed by atoms with van der Waals surface area (Å²) in [6, 6.07) is 8.05. The fraction of sp³-hybridized carbons (Fsp3) is 0.538. The second-order valence-electron chi connectivity index (χ2n) is 4.80. The summed E-state index contributed by atoms with van der Waals surface area (Å²) in [7, 11) is 2.33. The van der Waals surface area contributed by atoms with Crippen molar-refractivity contribution < 1.29 is 33.2 Å². The topological polar surface area (TPSA) is 9.23 Å². The molecule has 0 aliphatic carbocycles. The van der Waals surface area contributed by atoms with Gasteiger partial charge in [0.2, 0.25) is 0 Å². The van der Waals surface area contributed by atoms with Crippen molar-refractivity contribution in [1.82, 2.24) is 0 Å². The van der Waals surface area contributed by atoms with Gasteiger partial charge in [0.1, 0.15) is 18.9 Å². The van der Waals surface area contributed by atoms with Crippen LogP contribution in [0.4, 0.5) is 0 Å². The summed E-state index contributed by atoms with van der Waals surface area (Å²) in [4.78, 5) is 0. The van der Waals surface area contributed by atoms with E-state index in [-0.39, 0.29) is 24.0 Å². The number of likely N-dealkylation sites (N-methyl/N-ethyl adjacent to an activating group) is 1. The maximum Gasteiger partial charge on any atom is 0.137 e. The van der Waals surface area contributed by atoms with Gasteiger partial charge >= 0.3 is 0 Å². The second kappa shape index (κ2) is 6.95. The van der Waals surface area contributed by atoms with Gasteiger partial charge in [-0.3, -0.25) is 0 Å². The molecule has 1 aliphatic heterocycles. The monoisotopic (exact) mass is 411 g/mol. The summed E-state index contributed by atoms with van der Waals surface area (Å²) in [6.07, 6.45) is 2.74. The molecule has 0 amide bonds. The third-order valence-corrected chi connectivity index (χ3v) is 3.84. The van der Waals surface area contributed by atoms with Crippen molar-refractivity contribution in [3.63, 3.8) is 0 Å². The molecule has 1 heterocycles. The van der Waals surface area contributed by atoms with E-state index in [1.165, 1.54) is 30.4 Å². The highest BCUT2D eigenvalue weighted by atomic mass is 127. The van der Waals surface area contributed by atoms with E-state index in [9.17, 15) is 0 Å². The molecule has 0 radical (unpaired) electrons. The molecule has 1 aromatic carbocycles. The van der Waals surface area contributed by atoms with Crippen LogP contribution < -0.4 is 28.7 Å². The molecule has 0 saturated carbocycles. The van der Waals surface area contributed by atoms with Gasteiger partial charge in [0.25, 0.3) is 0 Å². The Morgan fingerprint density at radius 3 is 2.65 bits per heavy atom. The van der Waals surface area contributed by atoms with E-state index < -0.39 is 0 Å². The summed E-state index contributed by atoms with van der Waals surface area (Å²) in [5.74, 6) is 0.958. The van der Waals surface area contributed by atoms with E-state index in [4.69, 9.17) is 4.74 Å². The molecule has 96 valence electrons. The first-order valence-electron chi connectivity index (χ1n) is 5.90. The van der Waals surface area contributed by atoms with Crippen molar-refractivity contribution in [1.29, 1.82) is 0 Å². The highest BCUT2D eigenvalue weighted by molar-refractivity contribution is 9.10. The van der Waals surface area contributed by atoms with Crippen LogP contribution in [0, 0.1) is 0 Å². The van der Waals surface area contributed by atoms with Crippen molar-refractivity contribution in [3.05, 3.63) is 28.7 Å². The lowest BCUT2D eigenvalue weighted by atomic mass is 10.3. The number of quaternary nitrogens is 1. The Morgan fingerprint density at radius 1 is 1.29 bits per heavy atom. The quantitative estimate of drug-likeness (QED) is 0.503. The fourth-order valence-corrected chi connectivity index (χ4v) is 2.64. The number of halogens is 2. The van der Waals surface area contributed by atoms with Gasteiger partial charge in [-0.2, -0.15) is 0 Å². The van der Waals surface area contributed by atoms with Crippen molar-refractivity contribution in [3.8, 4) is 5.75 Å². The summed E-state index contributed by atoms with van der Waals surface area (Å²) in [5.41, 5.74) is 0. The van der Waals surface area contributed by atoms with Crippen LogP contribution in [0.3, 0.4) is 0 Å². The van der Waals surface area contributed by atoms with Crippen molar-refractivity contribution >= 4 is 15.9 Å². The molecule has 0 N–H and O–H groups in total. The predicted molar refractivity (Wildman–Crippen MR) is 69.7 cm³/mol. The van der Waals surface area contributed by atoms with Crippen LogP contribution in [0.5, 0.6) is 5.75 Å². The van der Waals surface area contributed by atoms with Crippen LogP contribution in [0.25, 0.3) is 0 Å². The highest BCUT2D eigenvalue weighted by Crippen LogP contribution is 2.19. The third kappa shape index (κ3) is 4.75. The lowest BCUT2D eigenvalue weighted by molar-refractivity contribution is -0.897. The molecule has 1 aromatic rings. The zero-order valence-electron chi connectivity index (χ0n) is 10.2. The predicted octanol–water partition coefficient (Wildman–Crippen LogP) is 0.0723. The lowest BCUT2D eigenvalue weighted by Gasteiger charge is -2.28. The standard InChI is InChI=1S/C13H19BrNO.HI/c1-15(7-2-3-8-15)9-10-16-13-6-4-5-12(14)11-13;/h4-6,11H,2-3,7-10H2,1H3;1H/q+1;/p-1. The highest BCUT2D eigenvalue weighted by Gasteiger charge is 2.26. The van der Waals surface area contributed by atoms with E-state index >= 15 is 0 Å². The molecule has 2 rings (SSSR count). The largest absolute Gasteiger partial charge is 1.00 e. The Morgan fingerprint density at radius 2 is 2.00 bits per heavy atom. The Kier molecular flexibility index (Phi) is 6.23. The molecule has 1 saturated heterocycles. The van der Waals surface area contributed by atoms with Crippen LogP contribution in [0.15, 0.2) is 28.7 Å². The Labute approximate surface area is 129 Å². The van der Waals surface area contributed by atoms with Crippen LogP contribution >= 0.6 is 15.9 Å². The normalized spacial score (nSPS) is 17.5. The minimum atomic E-state index is 0. The van der Waals surface area contributed by atoms with Crippen LogP contribution in [-0.2, 0) is 0 Å². The molecule has 17 heavy (non-hydrogen) atoms. The molecule has 0 aromatic heterocycles. The van der Waals surface area contributed by atoms with Crippen molar-refractivity contribution in [2.45, 2.75) is 12.8 Å². The lowest BCUT2D eigenvalue weighted by Crippen LogP contribution is -3.00. The number of nitrogens with zero attached hydrogens (tertiary/aromatic N) is 1. The molecule has 0 unspecified atom stereocenters. The third-order valence-electron chi connectivity index (χ3n) is 3.34. The molecule has 4 heteroatoms. The molecule has 1 aliphatic rings. The minimum Gasteiger partial charge on any atom is -1.00 e. The Hall–Kier alpha value is 0.190. The van der Waals surface area contributed by atoms with Crippen LogP contribution in [0.2, 0.25) is 0 Å². The van der Waals surface area contributed by atoms with Gasteiger partial charge in [0, 0.05) is 17.3 Å². The molecule has 1 fully saturated rings. The van der Waals surface area contributed by atoms with E-state index in [2.05, 4.69) is 23.0 Å². The first kappa shape index (κ1) is 15.2. The number of ether oxygens (including phenoxy) is 1. The molecule has 2 nitrogen and oxygen atoms in total. The summed E-state index contributed by atoms with van der Waals surface area (Å²) < 4.78 is 8.02. The van der Waals surface area contributed by atoms with E-state index in [1.807, 2.05) is 24.3 Å². The van der Waals surface area contributed by atoms with Gasteiger partial charge < -0.3 is 33.2 Å². The van der Waals surface area contributed by atoms with Gasteiger partial charge in [-0.05, 0) is 18.2 Å². The maximum absolute atomic E-state index is 5.77. The number of likely N-dealkylation sites (tertiary alicyclic amines) is 1. The van der Waals surface area contributed by atoms with Crippen LogP contribution in [-0.4, -0.2) is 37.8 Å². The Balaban J connectivity index is 0.00000144. The van der Waals surface area contributed by atoms with Crippen LogP contribution in [0.1, 0.15) is 12.8 Å². The van der Waals surface area contributed by atoms with Gasteiger partial charge in [-0.15, -0.1) is 0 Å². The summed E-state index contributed by atoms with van der Waals surface area (Å²) in [5, 5.41) is 0. The second-order valence-corrected chi connectivity index (χ2v) is 5.72. The molecular weight excluding hydrogens is 393 g/mol. The maximum atomic E-state index is 5.77. The number of hydrogen-bond acceptors (Lipinski definition) is 1. The summed E-state index contributed by atoms with van der Waals surface area (Å²) >= 11 is 3.45. The average molecular weight is 412 g/mol. The summed E-state index contributed by atoms with van der Waals surface area (Å²) in [6.45, 7) is 4.54.